The molecule has 0 N–H and O–H groups in total. The van der Waals surface area contributed by atoms with Crippen molar-refractivity contribution >= 4 is 30.9 Å². The summed E-state index contributed by atoms with van der Waals surface area (Å²) in [5.41, 5.74) is 1.36. The fraction of sp³-hybridized carbons (Fsp3) is 0.462. The van der Waals surface area contributed by atoms with Crippen LogP contribution in [0.2, 0.25) is 15.8 Å². The first-order valence-electron chi connectivity index (χ1n) is 11.2. The summed E-state index contributed by atoms with van der Waals surface area (Å²) in [6, 6.07) is 22.0. The molecule has 29 heavy (non-hydrogen) atoms. The van der Waals surface area contributed by atoms with Crippen LogP contribution < -0.4 is 18.9 Å². The van der Waals surface area contributed by atoms with Gasteiger partial charge >= 0.3 is 18.9 Å². The summed E-state index contributed by atoms with van der Waals surface area (Å²) in [6.07, 6.45) is 5.21. The zero-order valence-electron chi connectivity index (χ0n) is 19.5. The first-order valence-corrected chi connectivity index (χ1v) is 15.0. The van der Waals surface area contributed by atoms with Crippen LogP contribution in [0.3, 0.4) is 0 Å². The molecule has 0 bridgehead atoms. The Hall–Kier alpha value is -0.340. The maximum atomic E-state index is 2.54. The summed E-state index contributed by atoms with van der Waals surface area (Å²) in [5.74, 6) is 1.52. The van der Waals surface area contributed by atoms with Crippen molar-refractivity contribution < 1.29 is 18.9 Å². The third-order valence-electron chi connectivity index (χ3n) is 5.65. The molecule has 0 aliphatic heterocycles. The Bertz CT molecular complexity index is 700. The van der Waals surface area contributed by atoms with Gasteiger partial charge in [0.05, 0.1) is 0 Å². The number of thioether (sulfide) groups is 1. The Morgan fingerprint density at radius 1 is 0.862 bits per heavy atom. The van der Waals surface area contributed by atoms with Crippen molar-refractivity contribution in [3.63, 3.8) is 0 Å². The molecule has 152 valence electrons. The van der Waals surface area contributed by atoms with E-state index >= 15 is 0 Å². The number of hydrogen-bond donors (Lipinski definition) is 0. The molecule has 0 saturated carbocycles. The second kappa shape index (κ2) is 13.9. The van der Waals surface area contributed by atoms with Crippen LogP contribution in [-0.2, 0) is 0 Å². The monoisotopic (exact) mass is 416 g/mol. The van der Waals surface area contributed by atoms with Gasteiger partial charge < -0.3 is 0 Å². The molecule has 0 aliphatic rings. The number of benzene rings is 2. The van der Waals surface area contributed by atoms with Gasteiger partial charge in [-0.05, 0) is 17.7 Å². The van der Waals surface area contributed by atoms with Gasteiger partial charge in [-0.15, -0.1) is 11.8 Å². The molecule has 0 radical (unpaired) electrons. The average Bonchev–Trinajstić information content (AvgIpc) is 2.66. The van der Waals surface area contributed by atoms with E-state index in [1.165, 1.54) is 39.1 Å². The molecule has 0 heterocycles. The fourth-order valence-corrected chi connectivity index (χ4v) is 14.6. The topological polar surface area (TPSA) is 0 Å². The molecule has 0 fully saturated rings. The predicted molar refractivity (Wildman–Crippen MR) is 131 cm³/mol. The first kappa shape index (κ1) is 26.7. The minimum atomic E-state index is -1.99. The van der Waals surface area contributed by atoms with E-state index in [0.717, 1.165) is 11.8 Å². The summed E-state index contributed by atoms with van der Waals surface area (Å²) < 4.78 is 1.71. The standard InChI is InChI=1S/C14H11S.3C4H9.Al.Li/c1-3-7-13(8-4-1)11-12-15-14-9-5-2-6-10-14;2*1-4(2)3;1-3-4-2;;/h1-11H;2*4H,1H2,2-3H3;1,3-4H2,2H3;;/q;;;;-1;+1. The molecule has 0 atom stereocenters. The molecule has 0 amide bonds. The molecule has 0 spiro atoms. The molecule has 0 aliphatic carbocycles. The van der Waals surface area contributed by atoms with Crippen LogP contribution >= 0.6 is 11.8 Å². The van der Waals surface area contributed by atoms with Gasteiger partial charge in [0.2, 0.25) is 0 Å². The molecular weight excluding hydrogens is 378 g/mol. The maximum Gasteiger partial charge on any atom is 1.00 e. The van der Waals surface area contributed by atoms with E-state index in [1.807, 2.05) is 0 Å². The molecule has 3 heteroatoms. The Labute approximate surface area is 198 Å². The van der Waals surface area contributed by atoms with E-state index in [9.17, 15) is 0 Å². The summed E-state index contributed by atoms with van der Waals surface area (Å²) in [5, 5.41) is 4.28. The Morgan fingerprint density at radius 2 is 1.38 bits per heavy atom. The van der Waals surface area contributed by atoms with E-state index in [2.05, 4.69) is 113 Å². The van der Waals surface area contributed by atoms with Gasteiger partial charge in [0, 0.05) is 4.90 Å². The Kier molecular flexibility index (Phi) is 12.8. The quantitative estimate of drug-likeness (QED) is 0.323. The van der Waals surface area contributed by atoms with Crippen molar-refractivity contribution in [1.82, 2.24) is 0 Å². The summed E-state index contributed by atoms with van der Waals surface area (Å²) in [4.78, 5) is 1.39. The Morgan fingerprint density at radius 3 is 1.86 bits per heavy atom. The third kappa shape index (κ3) is 9.13. The molecule has 0 saturated heterocycles. The third-order valence-corrected chi connectivity index (χ3v) is 14.9. The van der Waals surface area contributed by atoms with Crippen LogP contribution in [0.1, 0.15) is 53.0 Å². The zero-order valence-corrected chi connectivity index (χ0v) is 21.5. The largest absolute Gasteiger partial charge is 1.00 e. The normalized spacial score (nSPS) is 12.3. The number of hydrogen-bond acceptors (Lipinski definition) is 1. The van der Waals surface area contributed by atoms with E-state index in [1.54, 1.807) is 3.77 Å². The van der Waals surface area contributed by atoms with Gasteiger partial charge in [0.25, 0.3) is 0 Å². The van der Waals surface area contributed by atoms with Crippen molar-refractivity contribution in [3.05, 3.63) is 70.0 Å². The molecular formula is C26H38AlLiS. The van der Waals surface area contributed by atoms with Crippen LogP contribution in [0, 0.1) is 11.8 Å². The van der Waals surface area contributed by atoms with Gasteiger partial charge in [-0.3, -0.25) is 0 Å². The summed E-state index contributed by atoms with van der Waals surface area (Å²) >= 11 is 0.0748. The zero-order chi connectivity index (χ0) is 20.4. The predicted octanol–water partition coefficient (Wildman–Crippen LogP) is 5.92. The summed E-state index contributed by atoms with van der Waals surface area (Å²) in [7, 11) is 0. The fourth-order valence-electron chi connectivity index (χ4n) is 4.78. The SMILES string of the molecule is CCC[CH2][Al-]([CH2]C(C)C)([CH2]C(C)C)/[C](=C\c1ccccc1)Sc1ccccc1.[Li+]. The second-order valence-electron chi connectivity index (χ2n) is 9.25. The minimum Gasteiger partial charge on any atom is -0.195 e. The molecule has 0 aromatic heterocycles. The average molecular weight is 417 g/mol. The number of rotatable bonds is 11. The molecule has 2 rings (SSSR count). The Balaban J connectivity index is 0.00000420. The van der Waals surface area contributed by atoms with Gasteiger partial charge in [0.15, 0.2) is 13.1 Å². The molecule has 2 aromatic rings. The van der Waals surface area contributed by atoms with Crippen molar-refractivity contribution in [2.75, 3.05) is 0 Å². The number of unbranched alkanes of at least 4 members (excludes halogenated alkanes) is 1. The first-order chi connectivity index (χ1) is 13.4. The van der Waals surface area contributed by atoms with Gasteiger partial charge in [-0.25, -0.2) is 0 Å². The van der Waals surface area contributed by atoms with Crippen LogP contribution in [0.25, 0.3) is 6.08 Å². The van der Waals surface area contributed by atoms with E-state index in [-0.39, 0.29) is 18.9 Å². The van der Waals surface area contributed by atoms with Crippen molar-refractivity contribution in [3.8, 4) is 0 Å². The van der Waals surface area contributed by atoms with Crippen molar-refractivity contribution in [2.45, 2.75) is 68.2 Å². The van der Waals surface area contributed by atoms with E-state index in [4.69, 9.17) is 0 Å². The van der Waals surface area contributed by atoms with Crippen LogP contribution in [0.5, 0.6) is 0 Å². The van der Waals surface area contributed by atoms with E-state index < -0.39 is 13.1 Å². The molecule has 0 unspecified atom stereocenters. The summed E-state index contributed by atoms with van der Waals surface area (Å²) in [6.45, 7) is 12.0. The van der Waals surface area contributed by atoms with Gasteiger partial charge in [-0.2, -0.15) is 19.6 Å². The van der Waals surface area contributed by atoms with Crippen molar-refractivity contribution in [2.24, 2.45) is 11.8 Å². The van der Waals surface area contributed by atoms with Crippen molar-refractivity contribution in [1.29, 1.82) is 0 Å². The smallest absolute Gasteiger partial charge is 0.195 e. The second-order valence-corrected chi connectivity index (χ2v) is 15.9. The van der Waals surface area contributed by atoms with Gasteiger partial charge in [0.1, 0.15) is 0 Å². The van der Waals surface area contributed by atoms with Crippen LogP contribution in [-0.4, -0.2) is 13.1 Å². The van der Waals surface area contributed by atoms with Crippen LogP contribution in [0.15, 0.2) is 69.3 Å². The van der Waals surface area contributed by atoms with Crippen LogP contribution in [0.4, 0.5) is 0 Å². The minimum absolute atomic E-state index is 0. The van der Waals surface area contributed by atoms with E-state index in [0.29, 0.717) is 0 Å². The molecule has 0 nitrogen and oxygen atoms in total. The maximum absolute atomic E-state index is 2.54. The van der Waals surface area contributed by atoms with Gasteiger partial charge in [-0.1, -0.05) is 114 Å². The molecule has 2 aromatic carbocycles.